The zero-order chi connectivity index (χ0) is 71.4. The molecule has 0 bridgehead atoms. The molecular formula is C78H152O17P2. The van der Waals surface area contributed by atoms with Gasteiger partial charge in [-0.3, -0.25) is 37.3 Å². The third kappa shape index (κ3) is 72.2. The van der Waals surface area contributed by atoms with Crippen LogP contribution in [0.1, 0.15) is 408 Å². The fourth-order valence-electron chi connectivity index (χ4n) is 12.0. The molecule has 3 N–H and O–H groups in total. The Morgan fingerprint density at radius 1 is 0.278 bits per heavy atom. The van der Waals surface area contributed by atoms with Crippen LogP contribution in [0.4, 0.5) is 0 Å². The van der Waals surface area contributed by atoms with Crippen LogP contribution in [0.15, 0.2) is 0 Å². The molecule has 0 spiro atoms. The van der Waals surface area contributed by atoms with E-state index in [1.807, 2.05) is 0 Å². The van der Waals surface area contributed by atoms with Gasteiger partial charge in [-0.2, -0.15) is 0 Å². The van der Waals surface area contributed by atoms with Crippen LogP contribution in [0, 0.1) is 11.8 Å². The molecule has 0 aromatic heterocycles. The van der Waals surface area contributed by atoms with E-state index in [9.17, 15) is 43.2 Å². The summed E-state index contributed by atoms with van der Waals surface area (Å²) in [6.45, 7) is 9.61. The fraction of sp³-hybridized carbons (Fsp3) is 0.949. The molecule has 0 rings (SSSR count). The Hall–Kier alpha value is -1.94. The van der Waals surface area contributed by atoms with Gasteiger partial charge in [0.1, 0.15) is 19.3 Å². The van der Waals surface area contributed by atoms with Gasteiger partial charge in [-0.1, -0.05) is 356 Å². The third-order valence-corrected chi connectivity index (χ3v) is 20.1. The first kappa shape index (κ1) is 95.1. The molecule has 0 fully saturated rings. The normalized spacial score (nSPS) is 14.0. The summed E-state index contributed by atoms with van der Waals surface area (Å²) in [6.07, 6.45) is 58.2. The summed E-state index contributed by atoms with van der Waals surface area (Å²) in [5.41, 5.74) is 0. The van der Waals surface area contributed by atoms with Gasteiger partial charge in [-0.15, -0.1) is 0 Å². The van der Waals surface area contributed by atoms with E-state index in [2.05, 4.69) is 41.5 Å². The van der Waals surface area contributed by atoms with E-state index < -0.39 is 97.5 Å². The molecule has 576 valence electrons. The molecule has 17 nitrogen and oxygen atoms in total. The molecule has 0 aromatic rings. The lowest BCUT2D eigenvalue weighted by atomic mass is 10.0. The van der Waals surface area contributed by atoms with E-state index >= 15 is 0 Å². The van der Waals surface area contributed by atoms with Crippen LogP contribution >= 0.6 is 15.6 Å². The van der Waals surface area contributed by atoms with Crippen molar-refractivity contribution in [1.29, 1.82) is 0 Å². The van der Waals surface area contributed by atoms with Crippen molar-refractivity contribution < 1.29 is 80.2 Å². The highest BCUT2D eigenvalue weighted by atomic mass is 31.2. The lowest BCUT2D eigenvalue weighted by Gasteiger charge is -2.21. The van der Waals surface area contributed by atoms with Crippen molar-refractivity contribution >= 4 is 39.5 Å². The van der Waals surface area contributed by atoms with E-state index in [0.717, 1.165) is 102 Å². The molecule has 5 atom stereocenters. The highest BCUT2D eigenvalue weighted by Crippen LogP contribution is 2.45. The van der Waals surface area contributed by atoms with Gasteiger partial charge < -0.3 is 33.8 Å². The second-order valence-corrected chi connectivity index (χ2v) is 32.0. The van der Waals surface area contributed by atoms with E-state index in [1.54, 1.807) is 0 Å². The topological polar surface area (TPSA) is 237 Å². The zero-order valence-electron chi connectivity index (χ0n) is 63.4. The number of unbranched alkanes of at least 4 members (excludes halogenated alkanes) is 47. The Labute approximate surface area is 594 Å². The van der Waals surface area contributed by atoms with Crippen LogP contribution in [0.3, 0.4) is 0 Å². The van der Waals surface area contributed by atoms with Crippen molar-refractivity contribution in [3.05, 3.63) is 0 Å². The van der Waals surface area contributed by atoms with E-state index in [-0.39, 0.29) is 25.7 Å². The number of phosphoric acid groups is 2. The highest BCUT2D eigenvalue weighted by Gasteiger charge is 2.30. The first-order chi connectivity index (χ1) is 46.9. The standard InChI is InChI=1S/C78H152O17P2/c1-7-9-11-13-15-17-19-21-27-31-35-42-48-54-60-75(80)88-66-73(94-78(83)63-57-51-45-37-33-29-25-23-24-26-30-34-40-46-52-58-70(3)4)68-92-96(84,85)90-64-72(79)65-91-97(86,87)93-69-74(67-89-76(81)61-55-49-43-39-38-41-47-53-59-71(5)6)95-77(82)62-56-50-44-36-32-28-22-20-18-16-14-12-10-8-2/h70-74,79H,7-69H2,1-6H3,(H,84,85)(H,86,87)/t72-,73-,74-/m1/s1. The zero-order valence-corrected chi connectivity index (χ0v) is 65.2. The summed E-state index contributed by atoms with van der Waals surface area (Å²) in [6, 6.07) is 0. The summed E-state index contributed by atoms with van der Waals surface area (Å²) in [7, 11) is -9.91. The van der Waals surface area contributed by atoms with E-state index in [0.29, 0.717) is 25.7 Å². The molecule has 97 heavy (non-hydrogen) atoms. The number of carbonyl (C=O) groups excluding carboxylic acids is 4. The second kappa shape index (κ2) is 69.8. The van der Waals surface area contributed by atoms with Crippen molar-refractivity contribution in [3.63, 3.8) is 0 Å². The number of phosphoric ester groups is 2. The number of hydrogen-bond acceptors (Lipinski definition) is 15. The molecule has 0 amide bonds. The number of hydrogen-bond donors (Lipinski definition) is 3. The van der Waals surface area contributed by atoms with E-state index in [1.165, 1.54) is 225 Å². The molecule has 2 unspecified atom stereocenters. The minimum atomic E-state index is -4.96. The average molecular weight is 1420 g/mol. The minimum absolute atomic E-state index is 0.107. The van der Waals surface area contributed by atoms with Gasteiger partial charge in [0.05, 0.1) is 26.4 Å². The van der Waals surface area contributed by atoms with Crippen molar-refractivity contribution in [2.24, 2.45) is 11.8 Å². The molecule has 0 radical (unpaired) electrons. The van der Waals surface area contributed by atoms with Gasteiger partial charge in [0, 0.05) is 25.7 Å². The molecule has 19 heteroatoms. The monoisotopic (exact) mass is 1420 g/mol. The maximum Gasteiger partial charge on any atom is 0.472 e. The Bertz CT molecular complexity index is 1870. The molecule has 0 aliphatic rings. The van der Waals surface area contributed by atoms with Crippen molar-refractivity contribution in [3.8, 4) is 0 Å². The summed E-state index contributed by atoms with van der Waals surface area (Å²) < 4.78 is 68.6. The quantitative estimate of drug-likeness (QED) is 0.0222. The van der Waals surface area contributed by atoms with Crippen LogP contribution in [0.5, 0.6) is 0 Å². The van der Waals surface area contributed by atoms with Crippen LogP contribution in [0.25, 0.3) is 0 Å². The molecule has 0 aliphatic carbocycles. The molecule has 0 saturated carbocycles. The fourth-order valence-corrected chi connectivity index (χ4v) is 13.6. The number of esters is 4. The Balaban J connectivity index is 5.25. The molecule has 0 heterocycles. The predicted octanol–water partition coefficient (Wildman–Crippen LogP) is 23.1. The number of carbonyl (C=O) groups is 4. The SMILES string of the molecule is CCCCCCCCCCCCCCCCC(=O)OC[C@H](COP(=O)(O)OC[C@@H](O)COP(=O)(O)OC[C@@H](COC(=O)CCCCCCCCCCC(C)C)OC(=O)CCCCCCCCCCCCCCCC)OC(=O)CCCCCCCCCCCCCCCCCC(C)C. The Morgan fingerprint density at radius 2 is 0.474 bits per heavy atom. The first-order valence-electron chi connectivity index (χ1n) is 40.5. The van der Waals surface area contributed by atoms with E-state index in [4.69, 9.17) is 37.0 Å². The lowest BCUT2D eigenvalue weighted by molar-refractivity contribution is -0.161. The van der Waals surface area contributed by atoms with Crippen LogP contribution in [-0.2, 0) is 65.4 Å². The molecular weight excluding hydrogens is 1270 g/mol. The number of aliphatic hydroxyl groups is 1. The maximum absolute atomic E-state index is 13.1. The third-order valence-electron chi connectivity index (χ3n) is 18.2. The van der Waals surface area contributed by atoms with Gasteiger partial charge in [0.25, 0.3) is 0 Å². The van der Waals surface area contributed by atoms with Crippen LogP contribution in [0.2, 0.25) is 0 Å². The number of aliphatic hydroxyl groups excluding tert-OH is 1. The van der Waals surface area contributed by atoms with Gasteiger partial charge in [-0.25, -0.2) is 9.13 Å². The summed E-state index contributed by atoms with van der Waals surface area (Å²) in [5, 5.41) is 10.6. The van der Waals surface area contributed by atoms with Gasteiger partial charge in [0.15, 0.2) is 12.2 Å². The second-order valence-electron chi connectivity index (χ2n) is 29.1. The molecule has 0 aliphatic heterocycles. The van der Waals surface area contributed by atoms with Crippen molar-refractivity contribution in [1.82, 2.24) is 0 Å². The van der Waals surface area contributed by atoms with Crippen molar-refractivity contribution in [2.45, 2.75) is 426 Å². The molecule has 0 saturated heterocycles. The summed E-state index contributed by atoms with van der Waals surface area (Å²) in [5.74, 6) is -0.581. The summed E-state index contributed by atoms with van der Waals surface area (Å²) >= 11 is 0. The Morgan fingerprint density at radius 3 is 0.701 bits per heavy atom. The highest BCUT2D eigenvalue weighted by molar-refractivity contribution is 7.47. The van der Waals surface area contributed by atoms with Gasteiger partial charge in [0.2, 0.25) is 0 Å². The van der Waals surface area contributed by atoms with Gasteiger partial charge in [-0.05, 0) is 37.5 Å². The largest absolute Gasteiger partial charge is 0.472 e. The van der Waals surface area contributed by atoms with Gasteiger partial charge >= 0.3 is 39.5 Å². The maximum atomic E-state index is 13.1. The van der Waals surface area contributed by atoms with Crippen molar-refractivity contribution in [2.75, 3.05) is 39.6 Å². The minimum Gasteiger partial charge on any atom is -0.462 e. The lowest BCUT2D eigenvalue weighted by Crippen LogP contribution is -2.30. The number of ether oxygens (including phenoxy) is 4. The summed E-state index contributed by atoms with van der Waals surface area (Å²) in [4.78, 5) is 72.9. The van der Waals surface area contributed by atoms with Crippen LogP contribution < -0.4 is 0 Å². The molecule has 0 aromatic carbocycles. The predicted molar refractivity (Wildman–Crippen MR) is 395 cm³/mol. The average Bonchev–Trinajstić information content (AvgIpc) is 1.56. The number of rotatable bonds is 77. The Kier molecular flexibility index (Phi) is 68.4. The smallest absolute Gasteiger partial charge is 0.462 e. The van der Waals surface area contributed by atoms with Crippen LogP contribution in [-0.4, -0.2) is 96.7 Å². The first-order valence-corrected chi connectivity index (χ1v) is 43.5.